The Hall–Kier alpha value is -2.09. The summed E-state index contributed by atoms with van der Waals surface area (Å²) in [5.41, 5.74) is 0.920. The van der Waals surface area contributed by atoms with Gasteiger partial charge in [0.2, 0.25) is 5.91 Å². The van der Waals surface area contributed by atoms with Crippen molar-refractivity contribution in [3.8, 4) is 6.07 Å². The van der Waals surface area contributed by atoms with Crippen LogP contribution in [0, 0.1) is 16.7 Å². The molecule has 1 aliphatic rings. The Bertz CT molecular complexity index is 556. The Morgan fingerprint density at radius 1 is 1.52 bits per heavy atom. The summed E-state index contributed by atoms with van der Waals surface area (Å²) in [6.07, 6.45) is 3.60. The molecule has 1 amide bonds. The van der Waals surface area contributed by atoms with Gasteiger partial charge in [0.15, 0.2) is 5.69 Å². The Balaban J connectivity index is 2.08. The van der Waals surface area contributed by atoms with E-state index in [1.165, 1.54) is 0 Å². The maximum Gasteiger partial charge on any atom is 0.225 e. The fourth-order valence-corrected chi connectivity index (χ4v) is 2.45. The van der Waals surface area contributed by atoms with Crippen LogP contribution in [0.25, 0.3) is 0 Å². The minimum absolute atomic E-state index is 0.0704. The van der Waals surface area contributed by atoms with Gasteiger partial charge in [-0.3, -0.25) is 4.79 Å². The highest BCUT2D eigenvalue weighted by atomic mass is 16.2. The minimum atomic E-state index is -0.381. The van der Waals surface area contributed by atoms with E-state index < -0.39 is 0 Å². The summed E-state index contributed by atoms with van der Waals surface area (Å²) in [6.45, 7) is 7.36. The lowest BCUT2D eigenvalue weighted by Crippen LogP contribution is -2.50. The van der Waals surface area contributed by atoms with Gasteiger partial charge in [-0.2, -0.15) is 5.26 Å². The van der Waals surface area contributed by atoms with Crippen LogP contribution in [0.2, 0.25) is 0 Å². The molecular formula is C16H22N4O. The number of rotatable bonds is 2. The van der Waals surface area contributed by atoms with Gasteiger partial charge >= 0.3 is 0 Å². The van der Waals surface area contributed by atoms with Crippen molar-refractivity contribution >= 4 is 11.6 Å². The van der Waals surface area contributed by atoms with Crippen LogP contribution in [0.1, 0.15) is 39.3 Å². The second kappa shape index (κ2) is 6.13. The molecule has 1 atom stereocenters. The number of aromatic nitrogens is 1. The van der Waals surface area contributed by atoms with Crippen LogP contribution in [-0.2, 0) is 4.79 Å². The predicted octanol–water partition coefficient (Wildman–Crippen LogP) is 2.08. The predicted molar refractivity (Wildman–Crippen MR) is 81.8 cm³/mol. The van der Waals surface area contributed by atoms with E-state index >= 15 is 0 Å². The highest BCUT2D eigenvalue weighted by Gasteiger charge is 2.27. The summed E-state index contributed by atoms with van der Waals surface area (Å²) in [5, 5.41) is 12.3. The number of hydrogen-bond acceptors (Lipinski definition) is 4. The molecule has 1 aromatic rings. The summed E-state index contributed by atoms with van der Waals surface area (Å²) in [5.74, 6) is 0.0704. The third-order valence-corrected chi connectivity index (χ3v) is 3.67. The highest BCUT2D eigenvalue weighted by Crippen LogP contribution is 2.23. The molecule has 5 nitrogen and oxygen atoms in total. The van der Waals surface area contributed by atoms with Crippen LogP contribution >= 0.6 is 0 Å². The number of nitrogens with zero attached hydrogens (tertiary/aromatic N) is 3. The lowest BCUT2D eigenvalue weighted by molar-refractivity contribution is -0.129. The highest BCUT2D eigenvalue weighted by molar-refractivity contribution is 5.81. The van der Waals surface area contributed by atoms with E-state index in [4.69, 9.17) is 5.26 Å². The van der Waals surface area contributed by atoms with E-state index in [1.54, 1.807) is 6.20 Å². The number of carbonyl (C=O) groups excluding carboxylic acids is 1. The van der Waals surface area contributed by atoms with Crippen LogP contribution in [0.15, 0.2) is 18.3 Å². The Labute approximate surface area is 126 Å². The second-order valence-electron chi connectivity index (χ2n) is 6.49. The van der Waals surface area contributed by atoms with Crippen molar-refractivity contribution in [3.05, 3.63) is 24.0 Å². The SMILES string of the molecule is CC(C)(C)C(=O)NC1CCCN(c2cccnc2C#N)C1. The van der Waals surface area contributed by atoms with Crippen LogP contribution in [0.5, 0.6) is 0 Å². The van der Waals surface area contributed by atoms with E-state index in [1.807, 2.05) is 32.9 Å². The standard InChI is InChI=1S/C16H22N4O/c1-16(2,3)15(21)19-12-6-5-9-20(11-12)14-7-4-8-18-13(14)10-17/h4,7-8,12H,5-6,9,11H2,1-3H3,(H,19,21). The molecule has 2 heterocycles. The van der Waals surface area contributed by atoms with Crippen molar-refractivity contribution in [2.75, 3.05) is 18.0 Å². The molecule has 0 bridgehead atoms. The molecular weight excluding hydrogens is 264 g/mol. The molecule has 112 valence electrons. The fourth-order valence-electron chi connectivity index (χ4n) is 2.45. The molecule has 1 saturated heterocycles. The maximum atomic E-state index is 12.1. The van der Waals surface area contributed by atoms with Crippen molar-refractivity contribution in [3.63, 3.8) is 0 Å². The number of anilines is 1. The van der Waals surface area contributed by atoms with Crippen molar-refractivity contribution in [2.24, 2.45) is 5.41 Å². The molecule has 1 unspecified atom stereocenters. The quantitative estimate of drug-likeness (QED) is 0.903. The van der Waals surface area contributed by atoms with Gasteiger partial charge in [-0.15, -0.1) is 0 Å². The molecule has 21 heavy (non-hydrogen) atoms. The van der Waals surface area contributed by atoms with Gasteiger partial charge < -0.3 is 10.2 Å². The number of piperidine rings is 1. The largest absolute Gasteiger partial charge is 0.367 e. The first-order chi connectivity index (χ1) is 9.91. The summed E-state index contributed by atoms with van der Waals surface area (Å²) in [6, 6.07) is 6.01. The molecule has 1 aliphatic heterocycles. The number of nitrogens with one attached hydrogen (secondary N) is 1. The number of nitriles is 1. The van der Waals surface area contributed by atoms with Crippen molar-refractivity contribution in [2.45, 2.75) is 39.7 Å². The first kappa shape index (κ1) is 15.3. The smallest absolute Gasteiger partial charge is 0.225 e. The lowest BCUT2D eigenvalue weighted by Gasteiger charge is -2.36. The maximum absolute atomic E-state index is 12.1. The minimum Gasteiger partial charge on any atom is -0.367 e. The van der Waals surface area contributed by atoms with E-state index in [-0.39, 0.29) is 17.4 Å². The Morgan fingerprint density at radius 3 is 2.95 bits per heavy atom. The zero-order valence-electron chi connectivity index (χ0n) is 12.9. The third kappa shape index (κ3) is 3.72. The van der Waals surface area contributed by atoms with Gasteiger partial charge in [-0.25, -0.2) is 4.98 Å². The van der Waals surface area contributed by atoms with Crippen molar-refractivity contribution in [1.29, 1.82) is 5.26 Å². The molecule has 1 fully saturated rings. The van der Waals surface area contributed by atoms with Gasteiger partial charge in [-0.05, 0) is 25.0 Å². The van der Waals surface area contributed by atoms with E-state index in [0.717, 1.165) is 31.6 Å². The van der Waals surface area contributed by atoms with Crippen LogP contribution in [0.3, 0.4) is 0 Å². The Morgan fingerprint density at radius 2 is 2.29 bits per heavy atom. The topological polar surface area (TPSA) is 69.0 Å². The Kier molecular flexibility index (Phi) is 4.46. The fraction of sp³-hybridized carbons (Fsp3) is 0.562. The van der Waals surface area contributed by atoms with E-state index in [0.29, 0.717) is 5.69 Å². The number of pyridine rings is 1. The van der Waals surface area contributed by atoms with E-state index in [9.17, 15) is 4.79 Å². The molecule has 0 saturated carbocycles. The van der Waals surface area contributed by atoms with Gasteiger partial charge in [0.05, 0.1) is 5.69 Å². The van der Waals surface area contributed by atoms with Gasteiger partial charge in [0.25, 0.3) is 0 Å². The molecule has 1 aromatic heterocycles. The molecule has 1 N–H and O–H groups in total. The van der Waals surface area contributed by atoms with Gasteiger partial charge in [-0.1, -0.05) is 20.8 Å². The molecule has 5 heteroatoms. The van der Waals surface area contributed by atoms with Crippen LogP contribution in [0.4, 0.5) is 5.69 Å². The first-order valence-electron chi connectivity index (χ1n) is 7.33. The average molecular weight is 286 g/mol. The van der Waals surface area contributed by atoms with Crippen LogP contribution in [-0.4, -0.2) is 30.0 Å². The summed E-state index contributed by atoms with van der Waals surface area (Å²) < 4.78 is 0. The monoisotopic (exact) mass is 286 g/mol. The van der Waals surface area contributed by atoms with Gasteiger partial charge in [0, 0.05) is 30.7 Å². The molecule has 0 radical (unpaired) electrons. The lowest BCUT2D eigenvalue weighted by atomic mass is 9.94. The van der Waals surface area contributed by atoms with E-state index in [2.05, 4.69) is 21.3 Å². The molecule has 0 spiro atoms. The summed E-state index contributed by atoms with van der Waals surface area (Å²) in [7, 11) is 0. The molecule has 0 aliphatic carbocycles. The third-order valence-electron chi connectivity index (χ3n) is 3.67. The average Bonchev–Trinajstić information content (AvgIpc) is 2.46. The first-order valence-corrected chi connectivity index (χ1v) is 7.33. The van der Waals surface area contributed by atoms with Gasteiger partial charge in [0.1, 0.15) is 6.07 Å². The van der Waals surface area contributed by atoms with Crippen molar-refractivity contribution < 1.29 is 4.79 Å². The normalized spacial score (nSPS) is 19.0. The summed E-state index contributed by atoms with van der Waals surface area (Å²) >= 11 is 0. The zero-order valence-corrected chi connectivity index (χ0v) is 12.9. The summed E-state index contributed by atoms with van der Waals surface area (Å²) in [4.78, 5) is 18.4. The van der Waals surface area contributed by atoms with Crippen molar-refractivity contribution in [1.82, 2.24) is 10.3 Å². The molecule has 2 rings (SSSR count). The van der Waals surface area contributed by atoms with Crippen LogP contribution < -0.4 is 10.2 Å². The number of carbonyl (C=O) groups is 1. The number of amides is 1. The second-order valence-corrected chi connectivity index (χ2v) is 6.49. The zero-order chi connectivity index (χ0) is 15.5. The molecule has 0 aromatic carbocycles. The number of hydrogen-bond donors (Lipinski definition) is 1.